The summed E-state index contributed by atoms with van der Waals surface area (Å²) in [6, 6.07) is 6.96. The average Bonchev–Trinajstić information content (AvgIpc) is 2.36. The van der Waals surface area contributed by atoms with Crippen molar-refractivity contribution in [2.24, 2.45) is 0 Å². The van der Waals surface area contributed by atoms with Crippen LogP contribution in [0.25, 0.3) is 0 Å². The molecule has 22 heavy (non-hydrogen) atoms. The summed E-state index contributed by atoms with van der Waals surface area (Å²) in [6.07, 6.45) is -4.42. The first-order valence-electron chi connectivity index (χ1n) is 5.95. The van der Waals surface area contributed by atoms with E-state index in [4.69, 9.17) is 12.2 Å². The molecule has 0 amide bonds. The van der Waals surface area contributed by atoms with Crippen LogP contribution in [-0.2, 0) is 6.18 Å². The normalized spacial score (nSPS) is 11.1. The first-order chi connectivity index (χ1) is 10.2. The summed E-state index contributed by atoms with van der Waals surface area (Å²) in [5.41, 5.74) is -0.395. The SMILES string of the molecule is Fc1cc(F)cc(NC(=S)Nc2ccc(C(F)(F)F)cc2)c1. The molecule has 2 N–H and O–H groups in total. The molecule has 0 saturated carbocycles. The third-order valence-corrected chi connectivity index (χ3v) is 2.79. The minimum absolute atomic E-state index is 0.00948. The third kappa shape index (κ3) is 4.39. The molecule has 0 heterocycles. The monoisotopic (exact) mass is 332 g/mol. The largest absolute Gasteiger partial charge is 0.416 e. The summed E-state index contributed by atoms with van der Waals surface area (Å²) in [7, 11) is 0. The lowest BCUT2D eigenvalue weighted by Crippen LogP contribution is -2.19. The van der Waals surface area contributed by atoms with E-state index in [9.17, 15) is 22.0 Å². The van der Waals surface area contributed by atoms with E-state index in [1.807, 2.05) is 0 Å². The van der Waals surface area contributed by atoms with Crippen molar-refractivity contribution in [3.8, 4) is 0 Å². The second-order valence-electron chi connectivity index (χ2n) is 4.31. The van der Waals surface area contributed by atoms with E-state index < -0.39 is 23.4 Å². The van der Waals surface area contributed by atoms with Gasteiger partial charge in [0.1, 0.15) is 11.6 Å². The number of anilines is 2. The Morgan fingerprint density at radius 2 is 1.32 bits per heavy atom. The maximum atomic E-state index is 13.0. The number of alkyl halides is 3. The summed E-state index contributed by atoms with van der Waals surface area (Å²) in [4.78, 5) is 0. The zero-order valence-corrected chi connectivity index (χ0v) is 11.7. The molecule has 0 atom stereocenters. The Balaban J connectivity index is 2.03. The molecule has 0 aliphatic rings. The highest BCUT2D eigenvalue weighted by molar-refractivity contribution is 7.80. The van der Waals surface area contributed by atoms with E-state index in [0.29, 0.717) is 11.8 Å². The summed E-state index contributed by atoms with van der Waals surface area (Å²) in [5, 5.41) is 5.14. The molecule has 2 aromatic carbocycles. The third-order valence-electron chi connectivity index (χ3n) is 2.59. The van der Waals surface area contributed by atoms with Crippen molar-refractivity contribution >= 4 is 28.7 Å². The predicted octanol–water partition coefficient (Wildman–Crippen LogP) is 4.79. The molecular formula is C14H9F5N2S. The molecule has 0 aromatic heterocycles. The minimum Gasteiger partial charge on any atom is -0.332 e. The van der Waals surface area contributed by atoms with Gasteiger partial charge in [-0.2, -0.15) is 13.2 Å². The van der Waals surface area contributed by atoms with Gasteiger partial charge in [-0.25, -0.2) is 8.78 Å². The lowest BCUT2D eigenvalue weighted by atomic mass is 10.2. The first-order valence-corrected chi connectivity index (χ1v) is 6.36. The number of hydrogen-bond donors (Lipinski definition) is 2. The number of nitrogens with one attached hydrogen (secondary N) is 2. The van der Waals surface area contributed by atoms with Gasteiger partial charge in [-0.3, -0.25) is 0 Å². The molecule has 2 aromatic rings. The molecule has 0 aliphatic carbocycles. The highest BCUT2D eigenvalue weighted by atomic mass is 32.1. The van der Waals surface area contributed by atoms with Crippen LogP contribution in [0, 0.1) is 11.6 Å². The fourth-order valence-corrected chi connectivity index (χ4v) is 1.90. The first kappa shape index (κ1) is 16.2. The molecule has 0 aliphatic heterocycles. The Bertz CT molecular complexity index is 662. The fourth-order valence-electron chi connectivity index (χ4n) is 1.66. The van der Waals surface area contributed by atoms with Crippen LogP contribution in [0.3, 0.4) is 0 Å². The fraction of sp³-hybridized carbons (Fsp3) is 0.0714. The van der Waals surface area contributed by atoms with Crippen LogP contribution in [0.1, 0.15) is 5.56 Å². The van der Waals surface area contributed by atoms with Crippen LogP contribution in [0.15, 0.2) is 42.5 Å². The van der Waals surface area contributed by atoms with E-state index in [1.165, 1.54) is 12.1 Å². The number of halogens is 5. The maximum absolute atomic E-state index is 13.0. The van der Waals surface area contributed by atoms with Gasteiger partial charge in [-0.15, -0.1) is 0 Å². The molecular weight excluding hydrogens is 323 g/mol. The number of thiocarbonyl (C=S) groups is 1. The molecule has 0 fully saturated rings. The lowest BCUT2D eigenvalue weighted by molar-refractivity contribution is -0.137. The maximum Gasteiger partial charge on any atom is 0.416 e. The van der Waals surface area contributed by atoms with E-state index in [1.54, 1.807) is 0 Å². The number of hydrogen-bond acceptors (Lipinski definition) is 1. The molecule has 0 unspecified atom stereocenters. The summed E-state index contributed by atoms with van der Waals surface area (Å²) in [5.74, 6) is -1.56. The van der Waals surface area contributed by atoms with Gasteiger partial charge < -0.3 is 10.6 Å². The highest BCUT2D eigenvalue weighted by Gasteiger charge is 2.29. The Morgan fingerprint density at radius 1 is 0.818 bits per heavy atom. The van der Waals surface area contributed by atoms with Crippen LogP contribution < -0.4 is 10.6 Å². The van der Waals surface area contributed by atoms with Gasteiger partial charge in [0.25, 0.3) is 0 Å². The van der Waals surface area contributed by atoms with Crippen LogP contribution in [0.5, 0.6) is 0 Å². The zero-order chi connectivity index (χ0) is 16.3. The molecule has 116 valence electrons. The molecule has 0 bridgehead atoms. The van der Waals surface area contributed by atoms with Gasteiger partial charge in [0.2, 0.25) is 0 Å². The summed E-state index contributed by atoms with van der Waals surface area (Å²) < 4.78 is 63.3. The number of rotatable bonds is 2. The van der Waals surface area contributed by atoms with Crippen molar-refractivity contribution in [3.63, 3.8) is 0 Å². The molecule has 2 nitrogen and oxygen atoms in total. The van der Waals surface area contributed by atoms with Crippen LogP contribution >= 0.6 is 12.2 Å². The second kappa shape index (κ2) is 6.27. The topological polar surface area (TPSA) is 24.1 Å². The average molecular weight is 332 g/mol. The Hall–Kier alpha value is -2.22. The van der Waals surface area contributed by atoms with Gasteiger partial charge in [0, 0.05) is 17.4 Å². The standard InChI is InChI=1S/C14H9F5N2S/c15-9-5-10(16)7-12(6-9)21-13(22)20-11-3-1-8(2-4-11)14(17,18)19/h1-7H,(H2,20,21,22). The Kier molecular flexibility index (Phi) is 4.60. The summed E-state index contributed by atoms with van der Waals surface area (Å²) in [6.45, 7) is 0. The quantitative estimate of drug-likeness (QED) is 0.611. The van der Waals surface area contributed by atoms with Crippen LogP contribution in [-0.4, -0.2) is 5.11 Å². The molecule has 0 saturated heterocycles. The van der Waals surface area contributed by atoms with E-state index in [-0.39, 0.29) is 10.8 Å². The highest BCUT2D eigenvalue weighted by Crippen LogP contribution is 2.29. The van der Waals surface area contributed by atoms with Crippen molar-refractivity contribution in [2.75, 3.05) is 10.6 Å². The number of benzene rings is 2. The van der Waals surface area contributed by atoms with Crippen LogP contribution in [0.2, 0.25) is 0 Å². The Labute approximate surface area is 128 Å². The predicted molar refractivity (Wildman–Crippen MR) is 77.6 cm³/mol. The van der Waals surface area contributed by atoms with E-state index in [0.717, 1.165) is 24.3 Å². The van der Waals surface area contributed by atoms with Crippen molar-refractivity contribution in [3.05, 3.63) is 59.7 Å². The van der Waals surface area contributed by atoms with Gasteiger partial charge >= 0.3 is 6.18 Å². The second-order valence-corrected chi connectivity index (χ2v) is 4.72. The van der Waals surface area contributed by atoms with Crippen molar-refractivity contribution < 1.29 is 22.0 Å². The Morgan fingerprint density at radius 3 is 1.82 bits per heavy atom. The van der Waals surface area contributed by atoms with Gasteiger partial charge in [-0.05, 0) is 48.6 Å². The van der Waals surface area contributed by atoms with E-state index in [2.05, 4.69) is 10.6 Å². The summed E-state index contributed by atoms with van der Waals surface area (Å²) >= 11 is 4.92. The minimum atomic E-state index is -4.42. The molecule has 8 heteroatoms. The smallest absolute Gasteiger partial charge is 0.332 e. The molecule has 0 spiro atoms. The van der Waals surface area contributed by atoms with Crippen molar-refractivity contribution in [1.29, 1.82) is 0 Å². The van der Waals surface area contributed by atoms with Gasteiger partial charge in [0.15, 0.2) is 5.11 Å². The zero-order valence-electron chi connectivity index (χ0n) is 10.8. The van der Waals surface area contributed by atoms with Gasteiger partial charge in [-0.1, -0.05) is 0 Å². The van der Waals surface area contributed by atoms with E-state index >= 15 is 0 Å². The van der Waals surface area contributed by atoms with Crippen molar-refractivity contribution in [1.82, 2.24) is 0 Å². The lowest BCUT2D eigenvalue weighted by Gasteiger charge is -2.12. The molecule has 0 radical (unpaired) electrons. The molecule has 2 rings (SSSR count). The van der Waals surface area contributed by atoms with Crippen LogP contribution in [0.4, 0.5) is 33.3 Å². The van der Waals surface area contributed by atoms with Gasteiger partial charge in [0.05, 0.1) is 5.56 Å². The van der Waals surface area contributed by atoms with Crippen molar-refractivity contribution in [2.45, 2.75) is 6.18 Å².